The summed E-state index contributed by atoms with van der Waals surface area (Å²) < 4.78 is 11.6. The fraction of sp³-hybridized carbons (Fsp3) is 0.500. The number of thioether (sulfide) groups is 1. The van der Waals surface area contributed by atoms with Gasteiger partial charge in [0.1, 0.15) is 12.4 Å². The van der Waals surface area contributed by atoms with Gasteiger partial charge in [0.15, 0.2) is 5.72 Å². The Kier molecular flexibility index (Phi) is 4.57. The van der Waals surface area contributed by atoms with E-state index in [0.29, 0.717) is 6.61 Å². The van der Waals surface area contributed by atoms with Crippen LogP contribution in [0.3, 0.4) is 0 Å². The molecule has 5 heteroatoms. The number of esters is 1. The lowest BCUT2D eigenvalue weighted by atomic mass is 9.78. The molecule has 2 atom stereocenters. The Morgan fingerprint density at radius 1 is 1.48 bits per heavy atom. The van der Waals surface area contributed by atoms with E-state index in [4.69, 9.17) is 9.47 Å². The zero-order valence-corrected chi connectivity index (χ0v) is 14.7. The predicted molar refractivity (Wildman–Crippen MR) is 92.6 cm³/mol. The molecular weight excluding hydrogens is 310 g/mol. The van der Waals surface area contributed by atoms with Gasteiger partial charge in [-0.3, -0.25) is 0 Å². The molecule has 2 aliphatic rings. The van der Waals surface area contributed by atoms with Crippen LogP contribution in [0.4, 0.5) is 0 Å². The van der Waals surface area contributed by atoms with Gasteiger partial charge in [0.05, 0.1) is 5.57 Å². The van der Waals surface area contributed by atoms with Crippen molar-refractivity contribution in [3.63, 3.8) is 0 Å². The standard InChI is InChI=1S/C18H23NO3S/c1-4-23-10-9-21-17(20)16-12(2)19-18(3)11-14(16)13-7-5-6-8-15(13)22-18/h5-8,14,19H,4,9-11H2,1-3H3. The van der Waals surface area contributed by atoms with Crippen molar-refractivity contribution in [2.24, 2.45) is 0 Å². The number of hydrogen-bond acceptors (Lipinski definition) is 5. The molecule has 1 aromatic rings. The van der Waals surface area contributed by atoms with E-state index in [2.05, 4.69) is 12.2 Å². The van der Waals surface area contributed by atoms with Crippen LogP contribution in [0.5, 0.6) is 5.75 Å². The van der Waals surface area contributed by atoms with Crippen LogP contribution in [0.15, 0.2) is 35.5 Å². The number of carbonyl (C=O) groups excluding carboxylic acids is 1. The van der Waals surface area contributed by atoms with Gasteiger partial charge in [-0.15, -0.1) is 0 Å². The van der Waals surface area contributed by atoms with Crippen molar-refractivity contribution < 1.29 is 14.3 Å². The molecule has 0 aromatic heterocycles. The summed E-state index contributed by atoms with van der Waals surface area (Å²) in [5, 5.41) is 3.35. The number of allylic oxidation sites excluding steroid dienone is 1. The molecule has 0 saturated carbocycles. The van der Waals surface area contributed by atoms with Crippen molar-refractivity contribution >= 4 is 17.7 Å². The summed E-state index contributed by atoms with van der Waals surface area (Å²) in [6.45, 7) is 6.51. The second-order valence-corrected chi connectivity index (χ2v) is 7.52. The van der Waals surface area contributed by atoms with Gasteiger partial charge in [0, 0.05) is 29.4 Å². The molecule has 0 fully saturated rings. The van der Waals surface area contributed by atoms with Crippen molar-refractivity contribution in [2.75, 3.05) is 18.1 Å². The highest BCUT2D eigenvalue weighted by Gasteiger charge is 2.45. The summed E-state index contributed by atoms with van der Waals surface area (Å²) in [5.41, 5.74) is 2.19. The highest BCUT2D eigenvalue weighted by molar-refractivity contribution is 7.99. The van der Waals surface area contributed by atoms with Crippen molar-refractivity contribution in [1.29, 1.82) is 0 Å². The lowest BCUT2D eigenvalue weighted by Gasteiger charge is -2.45. The van der Waals surface area contributed by atoms with Crippen LogP contribution in [0.25, 0.3) is 0 Å². The number of fused-ring (bicyclic) bond motifs is 4. The maximum Gasteiger partial charge on any atom is 0.336 e. The number of nitrogens with one attached hydrogen (secondary N) is 1. The van der Waals surface area contributed by atoms with Gasteiger partial charge in [-0.2, -0.15) is 11.8 Å². The summed E-state index contributed by atoms with van der Waals surface area (Å²) in [6.07, 6.45) is 0.732. The SMILES string of the molecule is CCSCCOC(=O)C1=C(C)NC2(C)CC1c1ccccc1O2. The predicted octanol–water partition coefficient (Wildman–Crippen LogP) is 3.44. The van der Waals surface area contributed by atoms with Crippen molar-refractivity contribution in [2.45, 2.75) is 38.8 Å². The number of benzene rings is 1. The largest absolute Gasteiger partial charge is 0.468 e. The first-order valence-corrected chi connectivity index (χ1v) is 9.21. The van der Waals surface area contributed by atoms with Gasteiger partial charge in [-0.25, -0.2) is 4.79 Å². The van der Waals surface area contributed by atoms with E-state index in [1.165, 1.54) is 0 Å². The summed E-state index contributed by atoms with van der Waals surface area (Å²) in [7, 11) is 0. The van der Waals surface area contributed by atoms with Crippen LogP contribution in [0, 0.1) is 0 Å². The van der Waals surface area contributed by atoms with Gasteiger partial charge < -0.3 is 14.8 Å². The Morgan fingerprint density at radius 3 is 3.04 bits per heavy atom. The fourth-order valence-corrected chi connectivity index (χ4v) is 3.91. The fourth-order valence-electron chi connectivity index (χ4n) is 3.42. The summed E-state index contributed by atoms with van der Waals surface area (Å²) >= 11 is 1.77. The summed E-state index contributed by atoms with van der Waals surface area (Å²) in [6, 6.07) is 7.95. The minimum absolute atomic E-state index is 0.0255. The molecule has 23 heavy (non-hydrogen) atoms. The van der Waals surface area contributed by atoms with Crippen LogP contribution in [0.1, 0.15) is 38.7 Å². The number of rotatable bonds is 5. The van der Waals surface area contributed by atoms with Crippen LogP contribution in [-0.2, 0) is 9.53 Å². The quantitative estimate of drug-likeness (QED) is 0.661. The maximum atomic E-state index is 12.6. The molecule has 2 aliphatic heterocycles. The molecule has 1 N–H and O–H groups in total. The molecule has 0 radical (unpaired) electrons. The molecule has 4 nitrogen and oxygen atoms in total. The lowest BCUT2D eigenvalue weighted by molar-refractivity contribution is -0.139. The van der Waals surface area contributed by atoms with Crippen molar-refractivity contribution in [3.05, 3.63) is 41.1 Å². The second kappa shape index (κ2) is 6.48. The Bertz CT molecular complexity index is 643. The molecule has 0 aliphatic carbocycles. The zero-order chi connectivity index (χ0) is 16.4. The van der Waals surface area contributed by atoms with E-state index in [9.17, 15) is 4.79 Å². The maximum absolute atomic E-state index is 12.6. The highest BCUT2D eigenvalue weighted by Crippen LogP contribution is 2.47. The van der Waals surface area contributed by atoms with Crippen LogP contribution >= 0.6 is 11.8 Å². The Balaban J connectivity index is 1.86. The number of carbonyl (C=O) groups is 1. The number of para-hydroxylation sites is 1. The average molecular weight is 333 g/mol. The second-order valence-electron chi connectivity index (χ2n) is 6.12. The van der Waals surface area contributed by atoms with Gasteiger partial charge in [0.2, 0.25) is 0 Å². The van der Waals surface area contributed by atoms with Crippen LogP contribution in [-0.4, -0.2) is 29.8 Å². The molecule has 1 aromatic carbocycles. The van der Waals surface area contributed by atoms with E-state index in [0.717, 1.165) is 40.5 Å². The van der Waals surface area contributed by atoms with E-state index < -0.39 is 5.72 Å². The third kappa shape index (κ3) is 3.20. The highest BCUT2D eigenvalue weighted by atomic mass is 32.2. The third-order valence-corrected chi connectivity index (χ3v) is 5.18. The smallest absolute Gasteiger partial charge is 0.336 e. The Labute approximate surface area is 141 Å². The molecule has 2 unspecified atom stereocenters. The topological polar surface area (TPSA) is 47.6 Å². The van der Waals surface area contributed by atoms with E-state index in [-0.39, 0.29) is 11.9 Å². The first-order valence-electron chi connectivity index (χ1n) is 8.06. The van der Waals surface area contributed by atoms with Gasteiger partial charge in [0.25, 0.3) is 0 Å². The molecule has 2 bridgehead atoms. The molecule has 3 rings (SSSR count). The first-order chi connectivity index (χ1) is 11.0. The molecular formula is C18H23NO3S. The van der Waals surface area contributed by atoms with E-state index >= 15 is 0 Å². The minimum atomic E-state index is -0.467. The van der Waals surface area contributed by atoms with Gasteiger partial charge in [-0.1, -0.05) is 25.1 Å². The minimum Gasteiger partial charge on any atom is -0.468 e. The van der Waals surface area contributed by atoms with Crippen LogP contribution < -0.4 is 10.1 Å². The summed E-state index contributed by atoms with van der Waals surface area (Å²) in [5.74, 6) is 2.53. The van der Waals surface area contributed by atoms with Crippen molar-refractivity contribution in [3.8, 4) is 5.75 Å². The molecule has 2 heterocycles. The van der Waals surface area contributed by atoms with Gasteiger partial charge >= 0.3 is 5.97 Å². The van der Waals surface area contributed by atoms with E-state index in [1.807, 2.05) is 38.1 Å². The van der Waals surface area contributed by atoms with Gasteiger partial charge in [-0.05, 0) is 25.7 Å². The lowest BCUT2D eigenvalue weighted by Crippen LogP contribution is -2.54. The first kappa shape index (κ1) is 16.2. The summed E-state index contributed by atoms with van der Waals surface area (Å²) in [4.78, 5) is 12.6. The Hall–Kier alpha value is -1.62. The normalized spacial score (nSPS) is 25.3. The molecule has 124 valence electrons. The zero-order valence-electron chi connectivity index (χ0n) is 13.8. The van der Waals surface area contributed by atoms with Crippen LogP contribution in [0.2, 0.25) is 0 Å². The Morgan fingerprint density at radius 2 is 2.26 bits per heavy atom. The number of hydrogen-bond donors (Lipinski definition) is 1. The molecule has 0 spiro atoms. The average Bonchev–Trinajstić information content (AvgIpc) is 2.50. The molecule has 0 amide bonds. The number of ether oxygens (including phenoxy) is 2. The third-order valence-electron chi connectivity index (χ3n) is 4.31. The van der Waals surface area contributed by atoms with Crippen molar-refractivity contribution in [1.82, 2.24) is 5.32 Å². The molecule has 0 saturated heterocycles. The monoisotopic (exact) mass is 333 g/mol. The van der Waals surface area contributed by atoms with E-state index in [1.54, 1.807) is 11.8 Å².